The van der Waals surface area contributed by atoms with E-state index in [1.165, 1.54) is 5.39 Å². The average Bonchev–Trinajstić information content (AvgIpc) is 2.17. The van der Waals surface area contributed by atoms with E-state index in [0.717, 1.165) is 10.9 Å². The average molecular weight is 152 g/mol. The fourth-order valence-corrected chi connectivity index (χ4v) is 1.35. The number of fused-ring (bicyclic) bond motifs is 1. The number of benzene rings is 2. The van der Waals surface area contributed by atoms with Gasteiger partial charge in [0.1, 0.15) is 0 Å². The fraction of sp³-hybridized carbons (Fsp3) is 0. The highest BCUT2D eigenvalue weighted by Crippen LogP contribution is 2.16. The maximum absolute atomic E-state index is 5.37. The molecule has 0 atom stereocenters. The zero-order valence-electron chi connectivity index (χ0n) is 6.62. The van der Waals surface area contributed by atoms with Crippen LogP contribution in [0, 0.1) is 12.3 Å². The summed E-state index contributed by atoms with van der Waals surface area (Å²) in [7, 11) is 0. The van der Waals surface area contributed by atoms with Gasteiger partial charge >= 0.3 is 0 Å². The van der Waals surface area contributed by atoms with Gasteiger partial charge in [-0.1, -0.05) is 42.3 Å². The lowest BCUT2D eigenvalue weighted by Gasteiger charge is -1.98. The van der Waals surface area contributed by atoms with Crippen molar-refractivity contribution < 1.29 is 0 Å². The van der Waals surface area contributed by atoms with Crippen molar-refractivity contribution in [2.45, 2.75) is 0 Å². The predicted molar refractivity (Wildman–Crippen MR) is 51.9 cm³/mol. The Balaban J connectivity index is 2.91. The second-order valence-corrected chi connectivity index (χ2v) is 2.67. The van der Waals surface area contributed by atoms with Crippen LogP contribution in [0.25, 0.3) is 10.8 Å². The summed E-state index contributed by atoms with van der Waals surface area (Å²) in [6.45, 7) is 0. The molecule has 2 aromatic carbocycles. The Morgan fingerprint density at radius 2 is 1.67 bits per heavy atom. The first kappa shape index (κ1) is 6.94. The van der Waals surface area contributed by atoms with E-state index in [1.54, 1.807) is 0 Å². The first-order valence-corrected chi connectivity index (χ1v) is 3.86. The van der Waals surface area contributed by atoms with Gasteiger partial charge in [0, 0.05) is 5.56 Å². The SMILES string of the molecule is C#Cc1cccc2ccccc12. The van der Waals surface area contributed by atoms with Crippen LogP contribution in [0.5, 0.6) is 0 Å². The van der Waals surface area contributed by atoms with Crippen LogP contribution in [0.3, 0.4) is 0 Å². The lowest BCUT2D eigenvalue weighted by atomic mass is 10.1. The summed E-state index contributed by atoms with van der Waals surface area (Å²) in [5, 5.41) is 2.36. The molecule has 2 aromatic rings. The number of hydrogen-bond acceptors (Lipinski definition) is 0. The second-order valence-electron chi connectivity index (χ2n) is 2.67. The van der Waals surface area contributed by atoms with Crippen LogP contribution in [-0.2, 0) is 0 Å². The van der Waals surface area contributed by atoms with Crippen molar-refractivity contribution in [2.24, 2.45) is 0 Å². The Morgan fingerprint density at radius 3 is 2.50 bits per heavy atom. The minimum atomic E-state index is 0.966. The molecule has 0 aliphatic heterocycles. The Hall–Kier alpha value is -1.74. The van der Waals surface area contributed by atoms with Crippen LogP contribution in [0.1, 0.15) is 5.56 Å². The van der Waals surface area contributed by atoms with Gasteiger partial charge in [-0.15, -0.1) is 6.42 Å². The smallest absolute Gasteiger partial charge is 0.0321 e. The summed E-state index contributed by atoms with van der Waals surface area (Å²) in [6.07, 6.45) is 5.37. The zero-order valence-corrected chi connectivity index (χ0v) is 6.62. The molecule has 0 N–H and O–H groups in total. The van der Waals surface area contributed by atoms with Crippen molar-refractivity contribution in [1.29, 1.82) is 0 Å². The van der Waals surface area contributed by atoms with Gasteiger partial charge in [-0.3, -0.25) is 0 Å². The Morgan fingerprint density at radius 1 is 0.917 bits per heavy atom. The summed E-state index contributed by atoms with van der Waals surface area (Å²) in [6, 6.07) is 14.1. The highest BCUT2D eigenvalue weighted by Gasteiger charge is 1.94. The van der Waals surface area contributed by atoms with Crippen LogP contribution >= 0.6 is 0 Å². The molecule has 0 aromatic heterocycles. The lowest BCUT2D eigenvalue weighted by Crippen LogP contribution is -1.77. The summed E-state index contributed by atoms with van der Waals surface area (Å²) in [5.74, 6) is 2.67. The molecule has 0 radical (unpaired) electrons. The molecule has 2 rings (SSSR count). The minimum absolute atomic E-state index is 0.966. The summed E-state index contributed by atoms with van der Waals surface area (Å²) in [5.41, 5.74) is 0.966. The van der Waals surface area contributed by atoms with Gasteiger partial charge in [-0.2, -0.15) is 0 Å². The summed E-state index contributed by atoms with van der Waals surface area (Å²) < 4.78 is 0. The molecule has 0 heterocycles. The van der Waals surface area contributed by atoms with Crippen LogP contribution in [0.4, 0.5) is 0 Å². The standard InChI is InChI=1S/C12H8/c1-2-10-7-5-8-11-6-3-4-9-12(10)11/h1,3-9H. The van der Waals surface area contributed by atoms with Crippen molar-refractivity contribution in [3.63, 3.8) is 0 Å². The largest absolute Gasteiger partial charge is 0.115 e. The second kappa shape index (κ2) is 2.71. The van der Waals surface area contributed by atoms with E-state index in [0.29, 0.717) is 0 Å². The molecule has 0 bridgehead atoms. The summed E-state index contributed by atoms with van der Waals surface area (Å²) >= 11 is 0. The van der Waals surface area contributed by atoms with Crippen molar-refractivity contribution in [1.82, 2.24) is 0 Å². The number of terminal acetylenes is 1. The molecule has 0 unspecified atom stereocenters. The van der Waals surface area contributed by atoms with Crippen LogP contribution in [-0.4, -0.2) is 0 Å². The van der Waals surface area contributed by atoms with Crippen molar-refractivity contribution in [3.05, 3.63) is 48.0 Å². The molecule has 0 nitrogen and oxygen atoms in total. The van der Waals surface area contributed by atoms with Gasteiger partial charge in [0.05, 0.1) is 0 Å². The molecule has 0 saturated heterocycles. The Labute approximate surface area is 71.8 Å². The van der Waals surface area contributed by atoms with Crippen LogP contribution < -0.4 is 0 Å². The van der Waals surface area contributed by atoms with E-state index in [1.807, 2.05) is 30.3 Å². The monoisotopic (exact) mass is 152 g/mol. The molecule has 0 saturated carbocycles. The highest BCUT2D eigenvalue weighted by atomic mass is 14.0. The Kier molecular flexibility index (Phi) is 1.57. The Bertz CT molecular complexity index is 442. The molecule has 0 aliphatic carbocycles. The molecule has 0 fully saturated rings. The van der Waals surface area contributed by atoms with Crippen molar-refractivity contribution in [3.8, 4) is 12.3 Å². The number of rotatable bonds is 0. The molecule has 0 aliphatic rings. The minimum Gasteiger partial charge on any atom is -0.115 e. The first-order chi connectivity index (χ1) is 5.92. The van der Waals surface area contributed by atoms with E-state index < -0.39 is 0 Å². The van der Waals surface area contributed by atoms with Crippen LogP contribution in [0.2, 0.25) is 0 Å². The van der Waals surface area contributed by atoms with Gasteiger partial charge in [0.15, 0.2) is 0 Å². The van der Waals surface area contributed by atoms with E-state index >= 15 is 0 Å². The fourth-order valence-electron chi connectivity index (χ4n) is 1.35. The third-order valence-corrected chi connectivity index (χ3v) is 1.95. The summed E-state index contributed by atoms with van der Waals surface area (Å²) in [4.78, 5) is 0. The van der Waals surface area contributed by atoms with Gasteiger partial charge in [0.25, 0.3) is 0 Å². The van der Waals surface area contributed by atoms with Crippen molar-refractivity contribution >= 4 is 10.8 Å². The highest BCUT2D eigenvalue weighted by molar-refractivity contribution is 5.87. The maximum Gasteiger partial charge on any atom is 0.0321 e. The third-order valence-electron chi connectivity index (χ3n) is 1.95. The van der Waals surface area contributed by atoms with Gasteiger partial charge in [0.2, 0.25) is 0 Å². The van der Waals surface area contributed by atoms with Gasteiger partial charge < -0.3 is 0 Å². The molecule has 56 valence electrons. The third kappa shape index (κ3) is 0.963. The van der Waals surface area contributed by atoms with Crippen LogP contribution in [0.15, 0.2) is 42.5 Å². The lowest BCUT2D eigenvalue weighted by molar-refractivity contribution is 1.71. The van der Waals surface area contributed by atoms with Gasteiger partial charge in [-0.05, 0) is 16.8 Å². The van der Waals surface area contributed by atoms with E-state index in [2.05, 4.69) is 18.1 Å². The predicted octanol–water partition coefficient (Wildman–Crippen LogP) is 2.82. The van der Waals surface area contributed by atoms with E-state index in [4.69, 9.17) is 6.42 Å². The zero-order chi connectivity index (χ0) is 8.39. The van der Waals surface area contributed by atoms with E-state index in [9.17, 15) is 0 Å². The molecule has 0 spiro atoms. The molecule has 0 amide bonds. The molecular formula is C12H8. The first-order valence-electron chi connectivity index (χ1n) is 3.86. The maximum atomic E-state index is 5.37. The molecule has 12 heavy (non-hydrogen) atoms. The van der Waals surface area contributed by atoms with E-state index in [-0.39, 0.29) is 0 Å². The van der Waals surface area contributed by atoms with Gasteiger partial charge in [-0.25, -0.2) is 0 Å². The van der Waals surface area contributed by atoms with Crippen molar-refractivity contribution in [2.75, 3.05) is 0 Å². The molecule has 0 heteroatoms. The number of hydrogen-bond donors (Lipinski definition) is 0. The topological polar surface area (TPSA) is 0 Å². The normalized spacial score (nSPS) is 9.58. The molecular weight excluding hydrogens is 144 g/mol. The quantitative estimate of drug-likeness (QED) is 0.509.